The second-order valence-electron chi connectivity index (χ2n) is 5.33. The number of likely N-dealkylation sites (N-methyl/N-ethyl adjacent to an activating group) is 1. The van der Waals surface area contributed by atoms with Crippen LogP contribution in [0.5, 0.6) is 0 Å². The lowest BCUT2D eigenvalue weighted by molar-refractivity contribution is -0.153. The quantitative estimate of drug-likeness (QED) is 0.645. The highest BCUT2D eigenvalue weighted by molar-refractivity contribution is 5.79. The van der Waals surface area contributed by atoms with Crippen molar-refractivity contribution in [1.82, 2.24) is 14.7 Å². The van der Waals surface area contributed by atoms with Gasteiger partial charge in [0.15, 0.2) is 0 Å². The molecule has 0 spiro atoms. The van der Waals surface area contributed by atoms with Gasteiger partial charge in [-0.15, -0.1) is 0 Å². The molecule has 0 unspecified atom stereocenters. The van der Waals surface area contributed by atoms with Gasteiger partial charge in [0.2, 0.25) is 5.91 Å². The van der Waals surface area contributed by atoms with Crippen LogP contribution in [0.25, 0.3) is 0 Å². The highest BCUT2D eigenvalue weighted by Crippen LogP contribution is 2.19. The van der Waals surface area contributed by atoms with Crippen LogP contribution in [0.15, 0.2) is 0 Å². The number of carbonyl (C=O) groups is 1. The van der Waals surface area contributed by atoms with Crippen LogP contribution in [-0.2, 0) is 4.79 Å². The molecule has 2 aliphatic rings. The van der Waals surface area contributed by atoms with Gasteiger partial charge in [0, 0.05) is 26.2 Å². The molecule has 0 aromatic rings. The molecule has 2 saturated heterocycles. The maximum atomic E-state index is 11.8. The molecule has 0 aromatic heterocycles. The van der Waals surface area contributed by atoms with Gasteiger partial charge in [-0.05, 0) is 14.0 Å². The van der Waals surface area contributed by atoms with Gasteiger partial charge >= 0.3 is 0 Å². The van der Waals surface area contributed by atoms with E-state index in [2.05, 4.69) is 16.8 Å². The van der Waals surface area contributed by atoms with Gasteiger partial charge in [-0.2, -0.15) is 0 Å². The van der Waals surface area contributed by atoms with E-state index >= 15 is 0 Å². The summed E-state index contributed by atoms with van der Waals surface area (Å²) in [5.41, 5.74) is -0.655. The minimum absolute atomic E-state index is 0.149. The first-order chi connectivity index (χ1) is 7.46. The summed E-state index contributed by atoms with van der Waals surface area (Å²) >= 11 is 0. The zero-order valence-electron chi connectivity index (χ0n) is 10.1. The lowest BCUT2D eigenvalue weighted by Gasteiger charge is -2.45. The first-order valence-electron chi connectivity index (χ1n) is 5.87. The molecule has 0 aromatic carbocycles. The van der Waals surface area contributed by atoms with E-state index in [1.807, 2.05) is 0 Å². The Balaban J connectivity index is 1.72. The molecule has 2 aliphatic heterocycles. The van der Waals surface area contributed by atoms with Crippen LogP contribution in [-0.4, -0.2) is 84.2 Å². The van der Waals surface area contributed by atoms with Gasteiger partial charge in [0.05, 0.1) is 25.2 Å². The van der Waals surface area contributed by atoms with Crippen LogP contribution in [0.3, 0.4) is 0 Å². The number of hydrogen-bond donors (Lipinski definition) is 1. The van der Waals surface area contributed by atoms with Crippen molar-refractivity contribution < 1.29 is 9.90 Å². The SMILES string of the molecule is CN1CCN(CC(=O)N2CC(C)(O)C2)CC1. The number of carbonyl (C=O) groups excluding carboxylic acids is 1. The molecule has 0 bridgehead atoms. The Morgan fingerprint density at radius 1 is 1.25 bits per heavy atom. The molecular formula is C11H21N3O2. The predicted octanol–water partition coefficient (Wildman–Crippen LogP) is -1.17. The number of hydrogen-bond acceptors (Lipinski definition) is 4. The molecule has 2 rings (SSSR count). The molecule has 2 fully saturated rings. The number of likely N-dealkylation sites (tertiary alicyclic amines) is 1. The lowest BCUT2D eigenvalue weighted by atomic mass is 9.97. The van der Waals surface area contributed by atoms with Crippen LogP contribution in [0, 0.1) is 0 Å². The Hall–Kier alpha value is -0.650. The van der Waals surface area contributed by atoms with E-state index in [0.29, 0.717) is 19.6 Å². The smallest absolute Gasteiger partial charge is 0.236 e. The zero-order valence-corrected chi connectivity index (χ0v) is 10.1. The molecule has 16 heavy (non-hydrogen) atoms. The lowest BCUT2D eigenvalue weighted by Crippen LogP contribution is -2.63. The highest BCUT2D eigenvalue weighted by atomic mass is 16.3. The number of rotatable bonds is 2. The molecule has 5 nitrogen and oxygen atoms in total. The number of nitrogens with zero attached hydrogens (tertiary/aromatic N) is 3. The third kappa shape index (κ3) is 2.72. The fourth-order valence-electron chi connectivity index (χ4n) is 2.25. The Morgan fingerprint density at radius 3 is 2.31 bits per heavy atom. The largest absolute Gasteiger partial charge is 0.386 e. The van der Waals surface area contributed by atoms with E-state index in [-0.39, 0.29) is 5.91 Å². The topological polar surface area (TPSA) is 47.0 Å². The third-order valence-electron chi connectivity index (χ3n) is 3.37. The average Bonchev–Trinajstić information content (AvgIpc) is 2.18. The fourth-order valence-corrected chi connectivity index (χ4v) is 2.25. The summed E-state index contributed by atoms with van der Waals surface area (Å²) < 4.78 is 0. The summed E-state index contributed by atoms with van der Waals surface area (Å²) in [4.78, 5) is 18.0. The van der Waals surface area contributed by atoms with Crippen molar-refractivity contribution >= 4 is 5.91 Å². The molecule has 0 aliphatic carbocycles. The van der Waals surface area contributed by atoms with Gasteiger partial charge < -0.3 is 14.9 Å². The van der Waals surface area contributed by atoms with Gasteiger partial charge in [0.25, 0.3) is 0 Å². The fraction of sp³-hybridized carbons (Fsp3) is 0.909. The summed E-state index contributed by atoms with van der Waals surface area (Å²) in [5.74, 6) is 0.149. The van der Waals surface area contributed by atoms with E-state index in [1.54, 1.807) is 11.8 Å². The average molecular weight is 227 g/mol. The Kier molecular flexibility index (Phi) is 3.19. The van der Waals surface area contributed by atoms with Gasteiger partial charge in [-0.1, -0.05) is 0 Å². The molecule has 0 atom stereocenters. The maximum Gasteiger partial charge on any atom is 0.236 e. The molecule has 92 valence electrons. The van der Waals surface area contributed by atoms with Crippen molar-refractivity contribution in [2.45, 2.75) is 12.5 Å². The number of β-amino-alcohol motifs (C(OH)–C–C–N with tert-alkyl or cyclic N) is 1. The van der Waals surface area contributed by atoms with Crippen LogP contribution < -0.4 is 0 Å². The summed E-state index contributed by atoms with van der Waals surface area (Å²) in [6, 6.07) is 0. The monoisotopic (exact) mass is 227 g/mol. The first kappa shape index (κ1) is 11.8. The zero-order chi connectivity index (χ0) is 11.8. The summed E-state index contributed by atoms with van der Waals surface area (Å²) in [6.07, 6.45) is 0. The summed E-state index contributed by atoms with van der Waals surface area (Å²) in [7, 11) is 2.10. The van der Waals surface area contributed by atoms with Gasteiger partial charge in [0.1, 0.15) is 0 Å². The minimum atomic E-state index is -0.655. The Morgan fingerprint density at radius 2 is 1.81 bits per heavy atom. The Labute approximate surface area is 96.6 Å². The van der Waals surface area contributed by atoms with E-state index in [0.717, 1.165) is 26.2 Å². The third-order valence-corrected chi connectivity index (χ3v) is 3.37. The van der Waals surface area contributed by atoms with Crippen molar-refractivity contribution in [3.05, 3.63) is 0 Å². The predicted molar refractivity (Wildman–Crippen MR) is 61.1 cm³/mol. The summed E-state index contributed by atoms with van der Waals surface area (Å²) in [5, 5.41) is 9.56. The number of piperazine rings is 1. The maximum absolute atomic E-state index is 11.8. The van der Waals surface area contributed by atoms with E-state index < -0.39 is 5.60 Å². The van der Waals surface area contributed by atoms with E-state index in [4.69, 9.17) is 0 Å². The molecule has 1 amide bonds. The second-order valence-corrected chi connectivity index (χ2v) is 5.33. The molecule has 0 saturated carbocycles. The molecule has 5 heteroatoms. The van der Waals surface area contributed by atoms with E-state index in [9.17, 15) is 9.90 Å². The van der Waals surface area contributed by atoms with Crippen molar-refractivity contribution in [2.75, 3.05) is 52.9 Å². The number of aliphatic hydroxyl groups is 1. The molecule has 1 N–H and O–H groups in total. The molecule has 0 radical (unpaired) electrons. The van der Waals surface area contributed by atoms with E-state index in [1.165, 1.54) is 0 Å². The van der Waals surface area contributed by atoms with Crippen molar-refractivity contribution in [1.29, 1.82) is 0 Å². The van der Waals surface area contributed by atoms with Crippen molar-refractivity contribution in [3.63, 3.8) is 0 Å². The normalized spacial score (nSPS) is 26.6. The highest BCUT2D eigenvalue weighted by Gasteiger charge is 2.39. The van der Waals surface area contributed by atoms with Gasteiger partial charge in [-0.25, -0.2) is 0 Å². The van der Waals surface area contributed by atoms with Crippen molar-refractivity contribution in [2.24, 2.45) is 0 Å². The summed E-state index contributed by atoms with van der Waals surface area (Å²) in [6.45, 7) is 7.24. The van der Waals surface area contributed by atoms with Gasteiger partial charge in [-0.3, -0.25) is 9.69 Å². The van der Waals surface area contributed by atoms with Crippen LogP contribution >= 0.6 is 0 Å². The van der Waals surface area contributed by atoms with Crippen molar-refractivity contribution in [3.8, 4) is 0 Å². The van der Waals surface area contributed by atoms with Crippen LogP contribution in [0.4, 0.5) is 0 Å². The first-order valence-corrected chi connectivity index (χ1v) is 5.87. The standard InChI is InChI=1S/C11H21N3O2/c1-11(16)8-14(9-11)10(15)7-13-5-3-12(2)4-6-13/h16H,3-9H2,1-2H3. The number of amides is 1. The minimum Gasteiger partial charge on any atom is -0.386 e. The molecular weight excluding hydrogens is 206 g/mol. The van der Waals surface area contributed by atoms with Crippen LogP contribution in [0.2, 0.25) is 0 Å². The second kappa shape index (κ2) is 4.31. The van der Waals surface area contributed by atoms with Crippen LogP contribution in [0.1, 0.15) is 6.92 Å². The Bertz CT molecular complexity index is 264. The molecule has 2 heterocycles.